The molecule has 19 heavy (non-hydrogen) atoms. The third-order valence-corrected chi connectivity index (χ3v) is 4.05. The van der Waals surface area contributed by atoms with Crippen LogP contribution in [0.4, 0.5) is 4.39 Å². The van der Waals surface area contributed by atoms with Crippen molar-refractivity contribution in [2.75, 3.05) is 6.61 Å². The molecule has 1 aliphatic heterocycles. The van der Waals surface area contributed by atoms with Crippen LogP contribution in [-0.4, -0.2) is 17.8 Å². The van der Waals surface area contributed by atoms with Gasteiger partial charge in [-0.3, -0.25) is 0 Å². The molecule has 2 rings (SSSR count). The van der Waals surface area contributed by atoms with Gasteiger partial charge < -0.3 is 9.47 Å². The lowest BCUT2D eigenvalue weighted by molar-refractivity contribution is -0.123. The number of halogens is 1. The number of ether oxygens (including phenoxy) is 2. The minimum atomic E-state index is -0.240. The van der Waals surface area contributed by atoms with Crippen molar-refractivity contribution in [2.45, 2.75) is 57.8 Å². The van der Waals surface area contributed by atoms with E-state index in [-0.39, 0.29) is 17.0 Å². The molecule has 0 aromatic heterocycles. The minimum Gasteiger partial charge on any atom is -0.374 e. The largest absolute Gasteiger partial charge is 0.374 e. The molecule has 0 spiro atoms. The van der Waals surface area contributed by atoms with E-state index in [1.807, 2.05) is 6.07 Å². The van der Waals surface area contributed by atoms with Crippen LogP contribution in [-0.2, 0) is 16.1 Å². The van der Waals surface area contributed by atoms with Crippen molar-refractivity contribution in [2.24, 2.45) is 0 Å². The van der Waals surface area contributed by atoms with E-state index in [2.05, 4.69) is 20.8 Å². The molecule has 2 nitrogen and oxygen atoms in total. The van der Waals surface area contributed by atoms with Crippen LogP contribution in [0.3, 0.4) is 0 Å². The average molecular weight is 266 g/mol. The molecule has 2 unspecified atom stereocenters. The molecular weight excluding hydrogens is 243 g/mol. The highest BCUT2D eigenvalue weighted by atomic mass is 19.1. The lowest BCUT2D eigenvalue weighted by atomic mass is 9.97. The van der Waals surface area contributed by atoms with Gasteiger partial charge >= 0.3 is 0 Å². The summed E-state index contributed by atoms with van der Waals surface area (Å²) in [4.78, 5) is 0. The van der Waals surface area contributed by atoms with Gasteiger partial charge in [-0.15, -0.1) is 0 Å². The molecule has 1 fully saturated rings. The summed E-state index contributed by atoms with van der Waals surface area (Å²) >= 11 is 0. The molecule has 2 atom stereocenters. The van der Waals surface area contributed by atoms with Gasteiger partial charge in [0.2, 0.25) is 0 Å². The third-order valence-electron chi connectivity index (χ3n) is 4.05. The summed E-state index contributed by atoms with van der Waals surface area (Å²) in [6.45, 7) is 7.18. The Kier molecular flexibility index (Phi) is 4.26. The Labute approximate surface area is 114 Å². The van der Waals surface area contributed by atoms with Crippen LogP contribution in [0.5, 0.6) is 0 Å². The van der Waals surface area contributed by atoms with Crippen LogP contribution in [0, 0.1) is 5.82 Å². The van der Waals surface area contributed by atoms with Gasteiger partial charge in [-0.1, -0.05) is 25.1 Å². The Morgan fingerprint density at radius 2 is 1.89 bits per heavy atom. The second kappa shape index (κ2) is 5.59. The maximum Gasteiger partial charge on any atom is 0.128 e. The standard InChI is InChI=1S/C16H23FO2/c1-4-15(2)9-10-16(3,19-15)12-18-11-13-7-5-6-8-14(13)17/h5-8H,4,9-12H2,1-3H3. The van der Waals surface area contributed by atoms with Crippen LogP contribution in [0.25, 0.3) is 0 Å². The number of hydrogen-bond acceptors (Lipinski definition) is 2. The van der Waals surface area contributed by atoms with E-state index in [0.717, 1.165) is 19.3 Å². The van der Waals surface area contributed by atoms with Crippen molar-refractivity contribution in [3.05, 3.63) is 35.6 Å². The highest BCUT2D eigenvalue weighted by molar-refractivity contribution is 5.16. The smallest absolute Gasteiger partial charge is 0.128 e. The van der Waals surface area contributed by atoms with E-state index in [1.54, 1.807) is 12.1 Å². The molecule has 3 heteroatoms. The van der Waals surface area contributed by atoms with Gasteiger partial charge in [-0.25, -0.2) is 4.39 Å². The molecule has 1 saturated heterocycles. The van der Waals surface area contributed by atoms with Crippen LogP contribution in [0.2, 0.25) is 0 Å². The van der Waals surface area contributed by atoms with Gasteiger partial charge in [0.25, 0.3) is 0 Å². The summed E-state index contributed by atoms with van der Waals surface area (Å²) in [5, 5.41) is 0. The maximum atomic E-state index is 13.5. The number of rotatable bonds is 5. The van der Waals surface area contributed by atoms with Gasteiger partial charge in [0.1, 0.15) is 5.82 Å². The summed E-state index contributed by atoms with van der Waals surface area (Å²) in [5.74, 6) is -0.210. The number of hydrogen-bond donors (Lipinski definition) is 0. The fourth-order valence-corrected chi connectivity index (χ4v) is 2.57. The summed E-state index contributed by atoms with van der Waals surface area (Å²) in [7, 11) is 0. The van der Waals surface area contributed by atoms with Crippen molar-refractivity contribution in [3.63, 3.8) is 0 Å². The van der Waals surface area contributed by atoms with Gasteiger partial charge in [0.05, 0.1) is 24.4 Å². The molecule has 0 bridgehead atoms. The summed E-state index contributed by atoms with van der Waals surface area (Å²) in [6.07, 6.45) is 3.06. The molecule has 0 saturated carbocycles. The maximum absolute atomic E-state index is 13.5. The van der Waals surface area contributed by atoms with Gasteiger partial charge in [0, 0.05) is 5.56 Å². The summed E-state index contributed by atoms with van der Waals surface area (Å²) < 4.78 is 25.2. The lowest BCUT2D eigenvalue weighted by Crippen LogP contribution is -2.34. The van der Waals surface area contributed by atoms with E-state index in [9.17, 15) is 4.39 Å². The first-order valence-electron chi connectivity index (χ1n) is 6.98. The minimum absolute atomic E-state index is 0.0316. The quantitative estimate of drug-likeness (QED) is 0.799. The zero-order valence-corrected chi connectivity index (χ0v) is 12.0. The second-order valence-corrected chi connectivity index (χ2v) is 5.94. The monoisotopic (exact) mass is 266 g/mol. The molecule has 0 radical (unpaired) electrons. The van der Waals surface area contributed by atoms with E-state index >= 15 is 0 Å². The Hall–Kier alpha value is -0.930. The van der Waals surface area contributed by atoms with Gasteiger partial charge in [-0.05, 0) is 39.2 Å². The topological polar surface area (TPSA) is 18.5 Å². The van der Waals surface area contributed by atoms with E-state index in [0.29, 0.717) is 18.8 Å². The van der Waals surface area contributed by atoms with Crippen molar-refractivity contribution < 1.29 is 13.9 Å². The zero-order chi connectivity index (χ0) is 13.9. The zero-order valence-electron chi connectivity index (χ0n) is 12.0. The molecular formula is C16H23FO2. The summed E-state index contributed by atoms with van der Waals surface area (Å²) in [6, 6.07) is 6.72. The molecule has 1 heterocycles. The molecule has 0 aliphatic carbocycles. The predicted molar refractivity (Wildman–Crippen MR) is 73.5 cm³/mol. The normalized spacial score (nSPS) is 30.7. The average Bonchev–Trinajstić information content (AvgIpc) is 2.69. The first-order chi connectivity index (χ1) is 8.96. The van der Waals surface area contributed by atoms with Gasteiger partial charge in [0.15, 0.2) is 0 Å². The first kappa shape index (κ1) is 14.5. The summed E-state index contributed by atoms with van der Waals surface area (Å²) in [5.41, 5.74) is 0.328. The Balaban J connectivity index is 1.85. The highest BCUT2D eigenvalue weighted by Gasteiger charge is 2.42. The molecule has 1 aliphatic rings. The predicted octanol–water partition coefficient (Wildman–Crippen LogP) is 4.08. The lowest BCUT2D eigenvalue weighted by Gasteiger charge is -2.29. The number of benzene rings is 1. The molecule has 1 aromatic carbocycles. The van der Waals surface area contributed by atoms with Crippen LogP contribution in [0.15, 0.2) is 24.3 Å². The Bertz CT molecular complexity index is 435. The Morgan fingerprint density at radius 3 is 2.53 bits per heavy atom. The van der Waals surface area contributed by atoms with Crippen LogP contribution in [0.1, 0.15) is 45.6 Å². The van der Waals surface area contributed by atoms with Crippen molar-refractivity contribution >= 4 is 0 Å². The SMILES string of the molecule is CCC1(C)CCC(C)(COCc2ccccc2F)O1. The first-order valence-corrected chi connectivity index (χ1v) is 6.98. The van der Waals surface area contributed by atoms with Gasteiger partial charge in [-0.2, -0.15) is 0 Å². The fraction of sp³-hybridized carbons (Fsp3) is 0.625. The van der Waals surface area contributed by atoms with E-state index in [1.165, 1.54) is 6.07 Å². The third kappa shape index (κ3) is 3.54. The van der Waals surface area contributed by atoms with Crippen molar-refractivity contribution in [1.82, 2.24) is 0 Å². The molecule has 1 aromatic rings. The van der Waals surface area contributed by atoms with E-state index < -0.39 is 0 Å². The molecule has 0 amide bonds. The van der Waals surface area contributed by atoms with E-state index in [4.69, 9.17) is 9.47 Å². The molecule has 106 valence electrons. The van der Waals surface area contributed by atoms with Crippen LogP contribution < -0.4 is 0 Å². The molecule has 0 N–H and O–H groups in total. The van der Waals surface area contributed by atoms with Crippen molar-refractivity contribution in [1.29, 1.82) is 0 Å². The van der Waals surface area contributed by atoms with Crippen molar-refractivity contribution in [3.8, 4) is 0 Å². The fourth-order valence-electron chi connectivity index (χ4n) is 2.57. The Morgan fingerprint density at radius 1 is 1.21 bits per heavy atom. The van der Waals surface area contributed by atoms with Crippen LogP contribution >= 0.6 is 0 Å². The highest BCUT2D eigenvalue weighted by Crippen LogP contribution is 2.39. The second-order valence-electron chi connectivity index (χ2n) is 5.94.